The van der Waals surface area contributed by atoms with Crippen molar-refractivity contribution >= 4 is 5.91 Å². The first-order valence-electron chi connectivity index (χ1n) is 8.03. The van der Waals surface area contributed by atoms with E-state index in [9.17, 15) is 4.79 Å². The minimum Gasteiger partial charge on any atom is -0.497 e. The maximum Gasteiger partial charge on any atom is 0.219 e. The summed E-state index contributed by atoms with van der Waals surface area (Å²) in [5.74, 6) is 1.53. The average Bonchev–Trinajstić information content (AvgIpc) is 2.62. The van der Waals surface area contributed by atoms with E-state index in [1.54, 1.807) is 14.0 Å². The zero-order valence-electron chi connectivity index (χ0n) is 13.7. The first-order chi connectivity index (χ1) is 11.2. The Morgan fingerprint density at radius 3 is 2.48 bits per heavy atom. The van der Waals surface area contributed by atoms with Crippen molar-refractivity contribution in [3.05, 3.63) is 48.2 Å². The summed E-state index contributed by atoms with van der Waals surface area (Å²) in [7, 11) is 1.67. The van der Waals surface area contributed by atoms with Crippen molar-refractivity contribution in [2.75, 3.05) is 20.2 Å². The second-order valence-electron chi connectivity index (χ2n) is 5.98. The molecule has 0 radical (unpaired) electrons. The van der Waals surface area contributed by atoms with Crippen LogP contribution < -0.4 is 4.74 Å². The lowest BCUT2D eigenvalue weighted by molar-refractivity contribution is -0.129. The molecule has 0 saturated carbocycles. The molecule has 1 amide bonds. The quantitative estimate of drug-likeness (QED) is 0.871. The molecule has 0 spiro atoms. The monoisotopic (exact) mass is 310 g/mol. The van der Waals surface area contributed by atoms with Crippen LogP contribution in [-0.2, 0) is 4.79 Å². The summed E-state index contributed by atoms with van der Waals surface area (Å²) in [5, 5.41) is 0. The zero-order chi connectivity index (χ0) is 16.2. The fourth-order valence-corrected chi connectivity index (χ4v) is 3.15. The van der Waals surface area contributed by atoms with Crippen LogP contribution in [0.25, 0.3) is 11.3 Å². The highest BCUT2D eigenvalue weighted by atomic mass is 16.5. The maximum atomic E-state index is 11.4. The van der Waals surface area contributed by atoms with Gasteiger partial charge in [0.2, 0.25) is 5.91 Å². The van der Waals surface area contributed by atoms with E-state index < -0.39 is 0 Å². The number of piperidine rings is 1. The number of hydrogen-bond donors (Lipinski definition) is 0. The molecule has 120 valence electrons. The lowest BCUT2D eigenvalue weighted by Gasteiger charge is -2.31. The highest BCUT2D eigenvalue weighted by Gasteiger charge is 2.22. The number of carbonyl (C=O) groups is 1. The highest BCUT2D eigenvalue weighted by Crippen LogP contribution is 2.30. The number of ether oxygens (including phenoxy) is 1. The van der Waals surface area contributed by atoms with Crippen LogP contribution in [0.2, 0.25) is 0 Å². The molecule has 0 N–H and O–H groups in total. The maximum absolute atomic E-state index is 11.4. The molecule has 0 atom stereocenters. The minimum absolute atomic E-state index is 0.178. The third-order valence-corrected chi connectivity index (χ3v) is 4.58. The molecular weight excluding hydrogens is 288 g/mol. The Morgan fingerprint density at radius 2 is 1.87 bits per heavy atom. The number of benzene rings is 1. The summed E-state index contributed by atoms with van der Waals surface area (Å²) in [4.78, 5) is 17.9. The minimum atomic E-state index is 0.178. The predicted molar refractivity (Wildman–Crippen MR) is 90.5 cm³/mol. The van der Waals surface area contributed by atoms with Gasteiger partial charge in [-0.1, -0.05) is 0 Å². The Hall–Kier alpha value is -2.36. The van der Waals surface area contributed by atoms with Crippen molar-refractivity contribution in [1.29, 1.82) is 0 Å². The van der Waals surface area contributed by atoms with Crippen molar-refractivity contribution in [1.82, 2.24) is 9.88 Å². The third kappa shape index (κ3) is 3.52. The van der Waals surface area contributed by atoms with Gasteiger partial charge < -0.3 is 9.64 Å². The van der Waals surface area contributed by atoms with Crippen LogP contribution in [0.4, 0.5) is 0 Å². The molecule has 23 heavy (non-hydrogen) atoms. The molecule has 2 heterocycles. The van der Waals surface area contributed by atoms with E-state index in [2.05, 4.69) is 17.1 Å². The van der Waals surface area contributed by atoms with E-state index in [1.165, 1.54) is 5.56 Å². The zero-order valence-corrected chi connectivity index (χ0v) is 13.7. The van der Waals surface area contributed by atoms with Crippen LogP contribution in [0.15, 0.2) is 42.6 Å². The molecule has 1 aliphatic rings. The average molecular weight is 310 g/mol. The summed E-state index contributed by atoms with van der Waals surface area (Å²) >= 11 is 0. The van der Waals surface area contributed by atoms with E-state index in [4.69, 9.17) is 4.74 Å². The second kappa shape index (κ2) is 6.82. The number of nitrogens with zero attached hydrogens (tertiary/aromatic N) is 2. The molecule has 3 rings (SSSR count). The number of amides is 1. The molecule has 0 aliphatic carbocycles. The number of pyridine rings is 1. The molecule has 1 aromatic carbocycles. The van der Waals surface area contributed by atoms with Gasteiger partial charge in [0.15, 0.2) is 0 Å². The molecule has 0 bridgehead atoms. The van der Waals surface area contributed by atoms with E-state index in [-0.39, 0.29) is 5.91 Å². The number of rotatable bonds is 3. The van der Waals surface area contributed by atoms with Crippen LogP contribution in [0.5, 0.6) is 5.75 Å². The Labute approximate surface area is 137 Å². The van der Waals surface area contributed by atoms with Gasteiger partial charge in [0.05, 0.1) is 12.8 Å². The molecule has 4 heteroatoms. The van der Waals surface area contributed by atoms with Crippen molar-refractivity contribution in [2.24, 2.45) is 0 Å². The number of hydrogen-bond acceptors (Lipinski definition) is 3. The largest absolute Gasteiger partial charge is 0.497 e. The van der Waals surface area contributed by atoms with Crippen LogP contribution >= 0.6 is 0 Å². The van der Waals surface area contributed by atoms with Crippen LogP contribution in [0.3, 0.4) is 0 Å². The van der Waals surface area contributed by atoms with Gasteiger partial charge in [0, 0.05) is 31.8 Å². The molecule has 2 aromatic rings. The summed E-state index contributed by atoms with van der Waals surface area (Å²) in [6.07, 6.45) is 3.92. The van der Waals surface area contributed by atoms with Crippen LogP contribution in [-0.4, -0.2) is 36.0 Å². The number of carbonyl (C=O) groups excluding carboxylic acids is 1. The fourth-order valence-electron chi connectivity index (χ4n) is 3.15. The lowest BCUT2D eigenvalue weighted by atomic mass is 9.89. The van der Waals surface area contributed by atoms with Crippen LogP contribution in [0, 0.1) is 0 Å². The number of likely N-dealkylation sites (tertiary alicyclic amines) is 1. The highest BCUT2D eigenvalue weighted by molar-refractivity contribution is 5.73. The predicted octanol–water partition coefficient (Wildman–Crippen LogP) is 3.48. The molecular formula is C19H22N2O2. The van der Waals surface area contributed by atoms with E-state index >= 15 is 0 Å². The summed E-state index contributed by atoms with van der Waals surface area (Å²) in [6.45, 7) is 3.34. The van der Waals surface area contributed by atoms with Crippen LogP contribution in [0.1, 0.15) is 31.2 Å². The van der Waals surface area contributed by atoms with Crippen molar-refractivity contribution in [3.63, 3.8) is 0 Å². The van der Waals surface area contributed by atoms with E-state index in [0.717, 1.165) is 42.9 Å². The second-order valence-corrected chi connectivity index (χ2v) is 5.98. The number of methoxy groups -OCH3 is 1. The van der Waals surface area contributed by atoms with Gasteiger partial charge in [-0.2, -0.15) is 0 Å². The van der Waals surface area contributed by atoms with E-state index in [1.807, 2.05) is 35.4 Å². The van der Waals surface area contributed by atoms with Gasteiger partial charge in [-0.3, -0.25) is 9.78 Å². The normalized spacial score (nSPS) is 15.5. The first-order valence-corrected chi connectivity index (χ1v) is 8.03. The van der Waals surface area contributed by atoms with Gasteiger partial charge in [0.1, 0.15) is 5.75 Å². The fraction of sp³-hybridized carbons (Fsp3) is 0.368. The third-order valence-electron chi connectivity index (χ3n) is 4.58. The molecule has 1 aliphatic heterocycles. The van der Waals surface area contributed by atoms with E-state index in [0.29, 0.717) is 5.92 Å². The Morgan fingerprint density at radius 1 is 1.17 bits per heavy atom. The Balaban J connectivity index is 1.76. The van der Waals surface area contributed by atoms with Crippen molar-refractivity contribution in [2.45, 2.75) is 25.7 Å². The topological polar surface area (TPSA) is 42.4 Å². The SMILES string of the molecule is COc1ccc(-c2cc(C3CCN(C(C)=O)CC3)ccn2)cc1. The van der Waals surface area contributed by atoms with Gasteiger partial charge in [-0.25, -0.2) is 0 Å². The molecule has 1 aromatic heterocycles. The summed E-state index contributed by atoms with van der Waals surface area (Å²) in [6, 6.07) is 12.2. The Bertz CT molecular complexity index is 674. The van der Waals surface area contributed by atoms with Crippen molar-refractivity contribution in [3.8, 4) is 17.0 Å². The molecule has 0 unspecified atom stereocenters. The summed E-state index contributed by atoms with van der Waals surface area (Å²) < 4.78 is 5.20. The standard InChI is InChI=1S/C19H22N2O2/c1-14(22)21-11-8-15(9-12-21)17-7-10-20-19(13-17)16-3-5-18(23-2)6-4-16/h3-7,10,13,15H,8-9,11-12H2,1-2H3. The number of aromatic nitrogens is 1. The first kappa shape index (κ1) is 15.5. The summed E-state index contributed by atoms with van der Waals surface area (Å²) in [5.41, 5.74) is 3.39. The lowest BCUT2D eigenvalue weighted by Crippen LogP contribution is -2.36. The molecule has 1 saturated heterocycles. The van der Waals surface area contributed by atoms with Gasteiger partial charge >= 0.3 is 0 Å². The smallest absolute Gasteiger partial charge is 0.219 e. The molecule has 1 fully saturated rings. The van der Waals surface area contributed by atoms with Gasteiger partial charge in [-0.05, 0) is 60.7 Å². The van der Waals surface area contributed by atoms with Crippen molar-refractivity contribution < 1.29 is 9.53 Å². The molecule has 4 nitrogen and oxygen atoms in total. The van der Waals surface area contributed by atoms with Gasteiger partial charge in [-0.15, -0.1) is 0 Å². The Kier molecular flexibility index (Phi) is 4.60. The van der Waals surface area contributed by atoms with Gasteiger partial charge in [0.25, 0.3) is 0 Å².